The van der Waals surface area contributed by atoms with Crippen LogP contribution >= 0.6 is 0 Å². The maximum absolute atomic E-state index is 11.6. The van der Waals surface area contributed by atoms with Gasteiger partial charge in [-0.3, -0.25) is 4.79 Å². The third-order valence-electron chi connectivity index (χ3n) is 3.49. The van der Waals surface area contributed by atoms with Crippen molar-refractivity contribution in [2.24, 2.45) is 5.92 Å². The highest BCUT2D eigenvalue weighted by atomic mass is 16.5. The molecule has 0 radical (unpaired) electrons. The molecule has 0 spiro atoms. The summed E-state index contributed by atoms with van der Waals surface area (Å²) in [5, 5.41) is 6.26. The second-order valence-corrected chi connectivity index (χ2v) is 5.50. The van der Waals surface area contributed by atoms with Crippen molar-refractivity contribution in [3.63, 3.8) is 0 Å². The molecule has 5 nitrogen and oxygen atoms in total. The van der Waals surface area contributed by atoms with Crippen molar-refractivity contribution in [2.75, 3.05) is 53.5 Å². The predicted molar refractivity (Wildman–Crippen MR) is 77.2 cm³/mol. The number of piperidine rings is 1. The zero-order valence-electron chi connectivity index (χ0n) is 12.4. The fraction of sp³-hybridized carbons (Fsp3) is 0.929. The highest BCUT2D eigenvalue weighted by Gasteiger charge is 2.14. The van der Waals surface area contributed by atoms with E-state index in [9.17, 15) is 4.79 Å². The second-order valence-electron chi connectivity index (χ2n) is 5.50. The molecule has 0 saturated carbocycles. The van der Waals surface area contributed by atoms with Crippen molar-refractivity contribution in [3.8, 4) is 0 Å². The Kier molecular flexibility index (Phi) is 8.79. The number of nitrogens with one attached hydrogen (secondary N) is 2. The molecular weight excluding hydrogens is 242 g/mol. The summed E-state index contributed by atoms with van der Waals surface area (Å²) in [6.45, 7) is 5.07. The van der Waals surface area contributed by atoms with Crippen LogP contribution in [-0.4, -0.2) is 64.3 Å². The summed E-state index contributed by atoms with van der Waals surface area (Å²) in [6.07, 6.45) is 4.10. The van der Waals surface area contributed by atoms with Crippen molar-refractivity contribution >= 4 is 5.91 Å². The molecule has 19 heavy (non-hydrogen) atoms. The Bertz CT molecular complexity index is 241. The molecule has 112 valence electrons. The lowest BCUT2D eigenvalue weighted by molar-refractivity contribution is -0.121. The number of hydrogen-bond donors (Lipinski definition) is 2. The van der Waals surface area contributed by atoms with E-state index in [0.29, 0.717) is 19.6 Å². The highest BCUT2D eigenvalue weighted by molar-refractivity contribution is 5.75. The topological polar surface area (TPSA) is 53.6 Å². The van der Waals surface area contributed by atoms with E-state index in [2.05, 4.69) is 15.5 Å². The van der Waals surface area contributed by atoms with Crippen LogP contribution in [0.2, 0.25) is 0 Å². The third kappa shape index (κ3) is 8.97. The monoisotopic (exact) mass is 271 g/mol. The molecule has 1 saturated heterocycles. The minimum absolute atomic E-state index is 0.162. The Balaban J connectivity index is 1.90. The lowest BCUT2D eigenvalue weighted by Gasteiger charge is -2.22. The Hall–Kier alpha value is -0.650. The Labute approximate surface area is 117 Å². The van der Waals surface area contributed by atoms with E-state index in [4.69, 9.17) is 4.74 Å². The number of amides is 1. The summed E-state index contributed by atoms with van der Waals surface area (Å²) in [5.74, 6) is 0.887. The Morgan fingerprint density at radius 3 is 2.74 bits per heavy atom. The molecule has 5 heteroatoms. The van der Waals surface area contributed by atoms with Gasteiger partial charge < -0.3 is 20.3 Å². The lowest BCUT2D eigenvalue weighted by Crippen LogP contribution is -2.30. The summed E-state index contributed by atoms with van der Waals surface area (Å²) >= 11 is 0. The minimum atomic E-state index is 0.162. The lowest BCUT2D eigenvalue weighted by atomic mass is 9.93. The third-order valence-corrected chi connectivity index (χ3v) is 3.49. The van der Waals surface area contributed by atoms with Crippen LogP contribution in [0.15, 0.2) is 0 Å². The van der Waals surface area contributed by atoms with Gasteiger partial charge in [-0.25, -0.2) is 0 Å². The smallest absolute Gasteiger partial charge is 0.220 e. The van der Waals surface area contributed by atoms with Crippen LogP contribution in [0.5, 0.6) is 0 Å². The summed E-state index contributed by atoms with van der Waals surface area (Å²) < 4.78 is 5.42. The number of likely N-dealkylation sites (N-methyl/N-ethyl adjacent to an activating group) is 1. The van der Waals surface area contributed by atoms with Gasteiger partial charge in [-0.2, -0.15) is 0 Å². The number of carbonyl (C=O) groups is 1. The molecule has 1 fully saturated rings. The maximum Gasteiger partial charge on any atom is 0.220 e. The summed E-state index contributed by atoms with van der Waals surface area (Å²) in [5.41, 5.74) is 0. The SMILES string of the molecule is CN(C)CCOCCNC(=O)CCC1CCNCC1. The van der Waals surface area contributed by atoms with Crippen LogP contribution in [0.4, 0.5) is 0 Å². The van der Waals surface area contributed by atoms with Crippen molar-refractivity contribution in [2.45, 2.75) is 25.7 Å². The van der Waals surface area contributed by atoms with Crippen LogP contribution in [0.1, 0.15) is 25.7 Å². The summed E-state index contributed by atoms with van der Waals surface area (Å²) in [6, 6.07) is 0. The first-order valence-corrected chi connectivity index (χ1v) is 7.38. The number of nitrogens with zero attached hydrogens (tertiary/aromatic N) is 1. The average Bonchev–Trinajstić information content (AvgIpc) is 2.41. The molecule has 1 aliphatic heterocycles. The molecular formula is C14H29N3O2. The predicted octanol–water partition coefficient (Wildman–Crippen LogP) is 0.461. The molecule has 0 unspecified atom stereocenters. The van der Waals surface area contributed by atoms with E-state index in [-0.39, 0.29) is 5.91 Å². The van der Waals surface area contributed by atoms with E-state index in [0.717, 1.165) is 38.6 Å². The first-order valence-electron chi connectivity index (χ1n) is 7.38. The highest BCUT2D eigenvalue weighted by Crippen LogP contribution is 2.17. The summed E-state index contributed by atoms with van der Waals surface area (Å²) in [7, 11) is 4.04. The zero-order chi connectivity index (χ0) is 13.9. The maximum atomic E-state index is 11.6. The number of rotatable bonds is 9. The molecule has 0 aliphatic carbocycles. The van der Waals surface area contributed by atoms with Crippen LogP contribution in [0.25, 0.3) is 0 Å². The van der Waals surface area contributed by atoms with Crippen molar-refractivity contribution in [3.05, 3.63) is 0 Å². The van der Waals surface area contributed by atoms with Gasteiger partial charge in [0.2, 0.25) is 5.91 Å². The minimum Gasteiger partial charge on any atom is -0.378 e. The van der Waals surface area contributed by atoms with E-state index >= 15 is 0 Å². The van der Waals surface area contributed by atoms with Crippen LogP contribution in [0, 0.1) is 5.92 Å². The number of hydrogen-bond acceptors (Lipinski definition) is 4. The Morgan fingerprint density at radius 1 is 1.32 bits per heavy atom. The van der Waals surface area contributed by atoms with Gasteiger partial charge >= 0.3 is 0 Å². The van der Waals surface area contributed by atoms with E-state index in [1.165, 1.54) is 12.8 Å². The molecule has 2 N–H and O–H groups in total. The standard InChI is InChI=1S/C14H29N3O2/c1-17(2)10-12-19-11-9-16-14(18)4-3-13-5-7-15-8-6-13/h13,15H,3-12H2,1-2H3,(H,16,18). The molecule has 0 atom stereocenters. The average molecular weight is 271 g/mol. The first-order chi connectivity index (χ1) is 9.18. The quantitative estimate of drug-likeness (QED) is 0.598. The van der Waals surface area contributed by atoms with Gasteiger partial charge in [0.25, 0.3) is 0 Å². The first kappa shape index (κ1) is 16.4. The van der Waals surface area contributed by atoms with Gasteiger partial charge in [0.1, 0.15) is 0 Å². The molecule has 0 aromatic carbocycles. The van der Waals surface area contributed by atoms with Gasteiger partial charge in [-0.05, 0) is 52.4 Å². The molecule has 0 bridgehead atoms. The molecule has 1 aliphatic rings. The molecule has 0 aromatic rings. The van der Waals surface area contributed by atoms with E-state index in [1.807, 2.05) is 14.1 Å². The number of ether oxygens (including phenoxy) is 1. The van der Waals surface area contributed by atoms with E-state index in [1.54, 1.807) is 0 Å². The molecule has 1 rings (SSSR count). The fourth-order valence-corrected chi connectivity index (χ4v) is 2.21. The molecule has 1 heterocycles. The van der Waals surface area contributed by atoms with Gasteiger partial charge in [0, 0.05) is 19.5 Å². The van der Waals surface area contributed by atoms with Gasteiger partial charge in [-0.15, -0.1) is 0 Å². The van der Waals surface area contributed by atoms with Gasteiger partial charge in [-0.1, -0.05) is 0 Å². The fourth-order valence-electron chi connectivity index (χ4n) is 2.21. The van der Waals surface area contributed by atoms with Crippen LogP contribution in [0.3, 0.4) is 0 Å². The van der Waals surface area contributed by atoms with Crippen molar-refractivity contribution in [1.29, 1.82) is 0 Å². The molecule has 0 aromatic heterocycles. The van der Waals surface area contributed by atoms with Crippen LogP contribution in [-0.2, 0) is 9.53 Å². The van der Waals surface area contributed by atoms with Crippen LogP contribution < -0.4 is 10.6 Å². The Morgan fingerprint density at radius 2 is 2.05 bits per heavy atom. The van der Waals surface area contributed by atoms with E-state index < -0.39 is 0 Å². The summed E-state index contributed by atoms with van der Waals surface area (Å²) in [4.78, 5) is 13.7. The zero-order valence-corrected chi connectivity index (χ0v) is 12.4. The normalized spacial score (nSPS) is 16.8. The second kappa shape index (κ2) is 10.2. The number of carbonyl (C=O) groups excluding carboxylic acids is 1. The largest absolute Gasteiger partial charge is 0.378 e. The molecule has 1 amide bonds. The van der Waals surface area contributed by atoms with Gasteiger partial charge in [0.05, 0.1) is 13.2 Å². The van der Waals surface area contributed by atoms with Crippen molar-refractivity contribution < 1.29 is 9.53 Å². The van der Waals surface area contributed by atoms with Crippen molar-refractivity contribution in [1.82, 2.24) is 15.5 Å². The van der Waals surface area contributed by atoms with Gasteiger partial charge in [0.15, 0.2) is 0 Å².